The van der Waals surface area contributed by atoms with Crippen LogP contribution in [-0.2, 0) is 9.59 Å². The predicted molar refractivity (Wildman–Crippen MR) is 99.7 cm³/mol. The third-order valence-corrected chi connectivity index (χ3v) is 4.66. The van der Waals surface area contributed by atoms with Crippen LogP contribution in [-0.4, -0.2) is 82.5 Å². The normalized spacial score (nSPS) is 17.0. The molecule has 1 fully saturated rings. The van der Waals surface area contributed by atoms with Crippen molar-refractivity contribution in [2.75, 3.05) is 65.8 Å². The number of hydrogen-bond acceptors (Lipinski definition) is 5. The molecule has 1 aromatic rings. The molecule has 1 aromatic carbocycles. The highest BCUT2D eigenvalue weighted by atomic mass is 16.2. The Balaban J connectivity index is 2.13. The summed E-state index contributed by atoms with van der Waals surface area (Å²) in [5.74, 6) is -1.20. The van der Waals surface area contributed by atoms with E-state index in [9.17, 15) is 9.59 Å². The topological polar surface area (TPSA) is 67.9 Å². The Labute approximate surface area is 150 Å². The Morgan fingerprint density at radius 2 is 1.68 bits per heavy atom. The first-order chi connectivity index (χ1) is 11.9. The monoisotopic (exact) mass is 347 g/mol. The molecule has 1 aliphatic rings. The maximum absolute atomic E-state index is 11.8. The van der Waals surface area contributed by atoms with Crippen LogP contribution in [0.4, 0.5) is 5.69 Å². The molecule has 2 amide bonds. The van der Waals surface area contributed by atoms with Crippen molar-refractivity contribution in [3.05, 3.63) is 29.8 Å². The second-order valence-corrected chi connectivity index (χ2v) is 6.63. The Bertz CT molecular complexity index is 580. The van der Waals surface area contributed by atoms with E-state index in [-0.39, 0.29) is 6.04 Å². The molecule has 7 heteroatoms. The minimum Gasteiger partial charge on any atom is -0.378 e. The Morgan fingerprint density at radius 1 is 1.08 bits per heavy atom. The van der Waals surface area contributed by atoms with Crippen molar-refractivity contribution in [3.8, 4) is 0 Å². The minimum absolute atomic E-state index is 0.0542. The number of rotatable bonds is 5. The zero-order chi connectivity index (χ0) is 18.4. The molecule has 1 aliphatic heterocycles. The lowest BCUT2D eigenvalue weighted by Gasteiger charge is -2.38. The molecule has 1 atom stereocenters. The maximum Gasteiger partial charge on any atom is 0.309 e. The van der Waals surface area contributed by atoms with Gasteiger partial charge in [0.2, 0.25) is 0 Å². The van der Waals surface area contributed by atoms with Crippen LogP contribution in [0.5, 0.6) is 0 Å². The number of nitrogens with one attached hydrogen (secondary N) is 2. The summed E-state index contributed by atoms with van der Waals surface area (Å²) in [4.78, 5) is 30.0. The van der Waals surface area contributed by atoms with Gasteiger partial charge in [-0.3, -0.25) is 14.5 Å². The Kier molecular flexibility index (Phi) is 6.78. The highest BCUT2D eigenvalue weighted by Gasteiger charge is 2.25. The van der Waals surface area contributed by atoms with Gasteiger partial charge in [-0.2, -0.15) is 0 Å². The number of hydrogen-bond donors (Lipinski definition) is 2. The van der Waals surface area contributed by atoms with Crippen molar-refractivity contribution in [1.29, 1.82) is 0 Å². The molecule has 25 heavy (non-hydrogen) atoms. The molecular formula is C18H29N5O2. The number of anilines is 1. The zero-order valence-corrected chi connectivity index (χ0v) is 15.6. The number of carbonyl (C=O) groups excluding carboxylic acids is 2. The van der Waals surface area contributed by atoms with Crippen molar-refractivity contribution in [2.45, 2.75) is 6.04 Å². The van der Waals surface area contributed by atoms with Crippen LogP contribution in [0.1, 0.15) is 11.6 Å². The van der Waals surface area contributed by atoms with Gasteiger partial charge in [0, 0.05) is 59.6 Å². The lowest BCUT2D eigenvalue weighted by Crippen LogP contribution is -2.49. The lowest BCUT2D eigenvalue weighted by molar-refractivity contribution is -0.139. The van der Waals surface area contributed by atoms with Crippen LogP contribution < -0.4 is 15.5 Å². The second-order valence-electron chi connectivity index (χ2n) is 6.63. The molecule has 138 valence electrons. The molecule has 1 heterocycles. The summed E-state index contributed by atoms with van der Waals surface area (Å²) in [5.41, 5.74) is 2.28. The molecule has 0 aliphatic carbocycles. The van der Waals surface area contributed by atoms with Crippen molar-refractivity contribution in [3.63, 3.8) is 0 Å². The van der Waals surface area contributed by atoms with Gasteiger partial charge in [-0.25, -0.2) is 0 Å². The highest BCUT2D eigenvalue weighted by molar-refractivity contribution is 6.35. The van der Waals surface area contributed by atoms with Gasteiger partial charge in [-0.15, -0.1) is 0 Å². The van der Waals surface area contributed by atoms with E-state index in [2.05, 4.69) is 56.6 Å². The summed E-state index contributed by atoms with van der Waals surface area (Å²) in [6, 6.07) is 8.42. The van der Waals surface area contributed by atoms with Crippen LogP contribution in [0.25, 0.3) is 0 Å². The smallest absolute Gasteiger partial charge is 0.309 e. The number of piperazine rings is 1. The van der Waals surface area contributed by atoms with Gasteiger partial charge in [-0.1, -0.05) is 12.1 Å². The third kappa shape index (κ3) is 5.17. The summed E-state index contributed by atoms with van der Waals surface area (Å²) >= 11 is 0. The molecule has 0 bridgehead atoms. The van der Waals surface area contributed by atoms with Crippen molar-refractivity contribution in [1.82, 2.24) is 20.4 Å². The Morgan fingerprint density at radius 3 is 2.20 bits per heavy atom. The number of carbonyl (C=O) groups is 2. The molecule has 0 radical (unpaired) electrons. The van der Waals surface area contributed by atoms with Crippen LogP contribution >= 0.6 is 0 Å². The van der Waals surface area contributed by atoms with Gasteiger partial charge < -0.3 is 20.4 Å². The van der Waals surface area contributed by atoms with E-state index in [0.29, 0.717) is 6.54 Å². The van der Waals surface area contributed by atoms with Gasteiger partial charge in [0.25, 0.3) is 0 Å². The molecule has 1 saturated heterocycles. The summed E-state index contributed by atoms with van der Waals surface area (Å²) in [6.07, 6.45) is 0. The molecule has 2 rings (SSSR count). The summed E-state index contributed by atoms with van der Waals surface area (Å²) < 4.78 is 0. The van der Waals surface area contributed by atoms with Crippen molar-refractivity contribution in [2.24, 2.45) is 0 Å². The molecule has 0 unspecified atom stereocenters. The highest BCUT2D eigenvalue weighted by Crippen LogP contribution is 2.24. The second kappa shape index (κ2) is 8.82. The van der Waals surface area contributed by atoms with E-state index < -0.39 is 11.8 Å². The molecule has 0 saturated carbocycles. The number of benzene rings is 1. The maximum atomic E-state index is 11.8. The summed E-state index contributed by atoms with van der Waals surface area (Å²) in [7, 11) is 7.60. The van der Waals surface area contributed by atoms with Crippen LogP contribution in [0.2, 0.25) is 0 Å². The van der Waals surface area contributed by atoms with Gasteiger partial charge in [0.05, 0.1) is 6.04 Å². The first kappa shape index (κ1) is 19.2. The van der Waals surface area contributed by atoms with E-state index in [0.717, 1.165) is 37.4 Å². The molecular weight excluding hydrogens is 318 g/mol. The molecule has 0 aromatic heterocycles. The van der Waals surface area contributed by atoms with E-state index in [4.69, 9.17) is 0 Å². The fraction of sp³-hybridized carbons (Fsp3) is 0.556. The number of likely N-dealkylation sites (N-methyl/N-ethyl adjacent to an activating group) is 2. The average molecular weight is 347 g/mol. The summed E-state index contributed by atoms with van der Waals surface area (Å²) in [6.45, 7) is 4.28. The van der Waals surface area contributed by atoms with Gasteiger partial charge in [0.15, 0.2) is 0 Å². The summed E-state index contributed by atoms with van der Waals surface area (Å²) in [5, 5.41) is 5.12. The lowest BCUT2D eigenvalue weighted by atomic mass is 10.0. The van der Waals surface area contributed by atoms with Gasteiger partial charge in [0.1, 0.15) is 0 Å². The SMILES string of the molecule is CNC(=O)C(=O)NC[C@H](c1ccc(N(C)C)cc1)N1CCN(C)CC1. The molecule has 0 spiro atoms. The van der Waals surface area contributed by atoms with Gasteiger partial charge >= 0.3 is 11.8 Å². The predicted octanol–water partition coefficient (Wildman–Crippen LogP) is -0.0967. The fourth-order valence-corrected chi connectivity index (χ4v) is 2.97. The number of nitrogens with zero attached hydrogens (tertiary/aromatic N) is 3. The molecule has 7 nitrogen and oxygen atoms in total. The zero-order valence-electron chi connectivity index (χ0n) is 15.6. The van der Waals surface area contributed by atoms with E-state index in [1.165, 1.54) is 7.05 Å². The molecule has 2 N–H and O–H groups in total. The standard InChI is InChI=1S/C18H29N5O2/c1-19-17(24)18(25)20-13-16(23-11-9-22(4)10-12-23)14-5-7-15(8-6-14)21(2)3/h5-8,16H,9-13H2,1-4H3,(H,19,24)(H,20,25)/t16-/m1/s1. The number of amides is 2. The Hall–Kier alpha value is -2.12. The van der Waals surface area contributed by atoms with Crippen molar-refractivity contribution < 1.29 is 9.59 Å². The first-order valence-electron chi connectivity index (χ1n) is 8.62. The minimum atomic E-state index is -0.611. The van der Waals surface area contributed by atoms with Crippen LogP contribution in [0, 0.1) is 0 Å². The first-order valence-corrected chi connectivity index (χ1v) is 8.62. The van der Waals surface area contributed by atoms with Crippen LogP contribution in [0.15, 0.2) is 24.3 Å². The largest absolute Gasteiger partial charge is 0.378 e. The van der Waals surface area contributed by atoms with E-state index in [1.807, 2.05) is 14.1 Å². The van der Waals surface area contributed by atoms with E-state index >= 15 is 0 Å². The van der Waals surface area contributed by atoms with E-state index in [1.54, 1.807) is 0 Å². The fourth-order valence-electron chi connectivity index (χ4n) is 2.97. The van der Waals surface area contributed by atoms with Gasteiger partial charge in [-0.05, 0) is 24.7 Å². The van der Waals surface area contributed by atoms with Crippen molar-refractivity contribution >= 4 is 17.5 Å². The third-order valence-electron chi connectivity index (χ3n) is 4.66. The quantitative estimate of drug-likeness (QED) is 0.729. The van der Waals surface area contributed by atoms with Crippen LogP contribution in [0.3, 0.4) is 0 Å². The average Bonchev–Trinajstić information content (AvgIpc) is 2.62.